The molecule has 1 aliphatic heterocycles. The van der Waals surface area contributed by atoms with Gasteiger partial charge in [0.25, 0.3) is 0 Å². The summed E-state index contributed by atoms with van der Waals surface area (Å²) in [5, 5.41) is 6.83. The van der Waals surface area contributed by atoms with Crippen LogP contribution < -0.4 is 29.7 Å². The molecule has 1 heterocycles. The molecule has 8 nitrogen and oxygen atoms in total. The third-order valence-electron chi connectivity index (χ3n) is 6.34. The lowest BCUT2D eigenvalue weighted by molar-refractivity contribution is 0.197. The molecule has 3 aromatic carbocycles. The third-order valence-corrected chi connectivity index (χ3v) is 7.15. The Morgan fingerprint density at radius 2 is 1.68 bits per heavy atom. The first-order valence-corrected chi connectivity index (χ1v) is 13.1. The highest BCUT2D eigenvalue weighted by molar-refractivity contribution is 6.43. The van der Waals surface area contributed by atoms with Crippen molar-refractivity contribution in [1.29, 1.82) is 0 Å². The van der Waals surface area contributed by atoms with Crippen molar-refractivity contribution in [3.05, 3.63) is 76.3 Å². The van der Waals surface area contributed by atoms with Gasteiger partial charge in [0.05, 0.1) is 30.0 Å². The number of carbonyl (C=O) groups is 1. The Hall–Kier alpha value is -3.33. The van der Waals surface area contributed by atoms with Crippen LogP contribution in [-0.2, 0) is 6.54 Å². The second kappa shape index (κ2) is 13.5. The molecular formula is C28H32Cl2N4O4. The minimum Gasteiger partial charge on any atom is -0.497 e. The monoisotopic (exact) mass is 558 g/mol. The van der Waals surface area contributed by atoms with E-state index in [1.807, 2.05) is 30.3 Å². The van der Waals surface area contributed by atoms with Gasteiger partial charge in [0, 0.05) is 45.0 Å². The summed E-state index contributed by atoms with van der Waals surface area (Å²) in [6.07, 6.45) is 0. The van der Waals surface area contributed by atoms with Crippen LogP contribution >= 0.6 is 23.2 Å². The van der Waals surface area contributed by atoms with Crippen molar-refractivity contribution in [3.63, 3.8) is 0 Å². The number of hydrogen-bond donors (Lipinski definition) is 2. The van der Waals surface area contributed by atoms with Gasteiger partial charge in [-0.25, -0.2) is 4.79 Å². The van der Waals surface area contributed by atoms with Crippen LogP contribution in [0.1, 0.15) is 5.56 Å². The van der Waals surface area contributed by atoms with E-state index in [1.165, 1.54) is 0 Å². The SMILES string of the molecule is COc1ccc(NC(=O)NCc2ccc(OCCN3CCN(c4cccc(Cl)c4Cl)CC3)c(OC)c2)cc1. The maximum atomic E-state index is 12.3. The molecule has 1 aliphatic rings. The molecule has 3 aromatic rings. The van der Waals surface area contributed by atoms with E-state index >= 15 is 0 Å². The molecular weight excluding hydrogens is 527 g/mol. The number of piperazine rings is 1. The highest BCUT2D eigenvalue weighted by Crippen LogP contribution is 2.33. The van der Waals surface area contributed by atoms with Crippen molar-refractivity contribution in [2.45, 2.75) is 6.54 Å². The van der Waals surface area contributed by atoms with Gasteiger partial charge in [-0.3, -0.25) is 4.90 Å². The maximum Gasteiger partial charge on any atom is 0.319 e. The molecule has 2 N–H and O–H groups in total. The van der Waals surface area contributed by atoms with E-state index in [9.17, 15) is 4.79 Å². The van der Waals surface area contributed by atoms with Gasteiger partial charge in [-0.2, -0.15) is 0 Å². The maximum absolute atomic E-state index is 12.3. The highest BCUT2D eigenvalue weighted by atomic mass is 35.5. The number of ether oxygens (including phenoxy) is 3. The first-order chi connectivity index (χ1) is 18.5. The molecule has 1 saturated heterocycles. The van der Waals surface area contributed by atoms with Gasteiger partial charge in [0.15, 0.2) is 11.5 Å². The van der Waals surface area contributed by atoms with Gasteiger partial charge in [0.1, 0.15) is 12.4 Å². The summed E-state index contributed by atoms with van der Waals surface area (Å²) in [5.74, 6) is 2.02. The zero-order valence-electron chi connectivity index (χ0n) is 21.5. The first kappa shape index (κ1) is 27.7. The van der Waals surface area contributed by atoms with Crippen LogP contribution in [-0.4, -0.2) is 64.5 Å². The molecule has 0 spiro atoms. The lowest BCUT2D eigenvalue weighted by atomic mass is 10.2. The Bertz CT molecular complexity index is 1220. The molecule has 202 valence electrons. The predicted molar refractivity (Wildman–Crippen MR) is 152 cm³/mol. The Morgan fingerprint density at radius 3 is 2.39 bits per heavy atom. The van der Waals surface area contributed by atoms with E-state index in [4.69, 9.17) is 37.4 Å². The van der Waals surface area contributed by atoms with Gasteiger partial charge in [-0.15, -0.1) is 0 Å². The zero-order chi connectivity index (χ0) is 26.9. The Morgan fingerprint density at radius 1 is 0.921 bits per heavy atom. The molecule has 2 amide bonds. The summed E-state index contributed by atoms with van der Waals surface area (Å²) in [6.45, 7) is 5.25. The quantitative estimate of drug-likeness (QED) is 0.340. The summed E-state index contributed by atoms with van der Waals surface area (Å²) < 4.78 is 16.7. The molecule has 0 bridgehead atoms. The van der Waals surface area contributed by atoms with Crippen molar-refractivity contribution in [2.24, 2.45) is 0 Å². The number of halogens is 2. The summed E-state index contributed by atoms with van der Waals surface area (Å²) in [4.78, 5) is 16.9. The molecule has 0 atom stereocenters. The third kappa shape index (κ3) is 7.37. The number of nitrogens with zero attached hydrogens (tertiary/aromatic N) is 2. The molecule has 0 radical (unpaired) electrons. The molecule has 38 heavy (non-hydrogen) atoms. The van der Waals surface area contributed by atoms with Crippen molar-refractivity contribution in [2.75, 3.05) is 63.8 Å². The summed E-state index contributed by atoms with van der Waals surface area (Å²) in [6, 6.07) is 18.2. The van der Waals surface area contributed by atoms with Crippen LogP contribution in [0.3, 0.4) is 0 Å². The number of benzene rings is 3. The van der Waals surface area contributed by atoms with E-state index in [2.05, 4.69) is 20.4 Å². The topological polar surface area (TPSA) is 75.3 Å². The average molecular weight is 559 g/mol. The molecule has 1 fully saturated rings. The van der Waals surface area contributed by atoms with Crippen LogP contribution in [0.5, 0.6) is 17.2 Å². The lowest BCUT2D eigenvalue weighted by Gasteiger charge is -2.36. The number of methoxy groups -OCH3 is 2. The van der Waals surface area contributed by atoms with Gasteiger partial charge in [0.2, 0.25) is 0 Å². The number of carbonyl (C=O) groups excluding carboxylic acids is 1. The van der Waals surface area contributed by atoms with E-state index in [-0.39, 0.29) is 6.03 Å². The molecule has 10 heteroatoms. The van der Waals surface area contributed by atoms with E-state index < -0.39 is 0 Å². The minimum atomic E-state index is -0.299. The molecule has 0 aromatic heterocycles. The Labute approximate surface area is 233 Å². The fraction of sp³-hybridized carbons (Fsp3) is 0.321. The smallest absolute Gasteiger partial charge is 0.319 e. The summed E-state index contributed by atoms with van der Waals surface area (Å²) in [5.41, 5.74) is 2.56. The highest BCUT2D eigenvalue weighted by Gasteiger charge is 2.20. The molecule has 0 unspecified atom stereocenters. The first-order valence-electron chi connectivity index (χ1n) is 12.4. The van der Waals surface area contributed by atoms with Crippen LogP contribution in [0.25, 0.3) is 0 Å². The second-order valence-corrected chi connectivity index (χ2v) is 9.56. The van der Waals surface area contributed by atoms with Gasteiger partial charge < -0.3 is 29.7 Å². The van der Waals surface area contributed by atoms with Crippen molar-refractivity contribution in [1.82, 2.24) is 10.2 Å². The molecule has 4 rings (SSSR count). The number of hydrogen-bond acceptors (Lipinski definition) is 6. The number of urea groups is 1. The second-order valence-electron chi connectivity index (χ2n) is 8.77. The van der Waals surface area contributed by atoms with Gasteiger partial charge in [-0.05, 0) is 54.1 Å². The number of rotatable bonds is 10. The average Bonchev–Trinajstić information content (AvgIpc) is 2.94. The number of anilines is 2. The zero-order valence-corrected chi connectivity index (χ0v) is 23.0. The fourth-order valence-electron chi connectivity index (χ4n) is 4.21. The van der Waals surface area contributed by atoms with Crippen LogP contribution in [0.2, 0.25) is 10.0 Å². The van der Waals surface area contributed by atoms with Crippen molar-refractivity contribution < 1.29 is 19.0 Å². The van der Waals surface area contributed by atoms with E-state index in [0.29, 0.717) is 40.4 Å². The Kier molecular flexibility index (Phi) is 9.81. The van der Waals surface area contributed by atoms with E-state index in [0.717, 1.165) is 49.7 Å². The Balaban J connectivity index is 1.21. The standard InChI is InChI=1S/C28H32Cl2N4O4/c1-36-22-9-7-21(8-10-22)32-28(35)31-19-20-6-11-25(26(18-20)37-2)38-17-16-33-12-14-34(15-13-33)24-5-3-4-23(29)27(24)30/h3-11,18H,12-17,19H2,1-2H3,(H2,31,32,35). The van der Waals surface area contributed by atoms with Crippen molar-refractivity contribution >= 4 is 40.6 Å². The molecule has 0 aliphatic carbocycles. The van der Waals surface area contributed by atoms with E-state index in [1.54, 1.807) is 44.6 Å². The number of nitrogens with one attached hydrogen (secondary N) is 2. The predicted octanol–water partition coefficient (Wildman–Crippen LogP) is 5.53. The van der Waals surface area contributed by atoms with Gasteiger partial charge in [-0.1, -0.05) is 35.3 Å². The van der Waals surface area contributed by atoms with Crippen molar-refractivity contribution in [3.8, 4) is 17.2 Å². The fourth-order valence-corrected chi connectivity index (χ4v) is 4.62. The van der Waals surface area contributed by atoms with Crippen LogP contribution in [0.4, 0.5) is 16.2 Å². The summed E-state index contributed by atoms with van der Waals surface area (Å²) in [7, 11) is 3.21. The number of amides is 2. The van der Waals surface area contributed by atoms with Crippen LogP contribution in [0, 0.1) is 0 Å². The van der Waals surface area contributed by atoms with Gasteiger partial charge >= 0.3 is 6.03 Å². The normalized spacial score (nSPS) is 13.6. The lowest BCUT2D eigenvalue weighted by Crippen LogP contribution is -2.47. The molecule has 0 saturated carbocycles. The summed E-state index contributed by atoms with van der Waals surface area (Å²) >= 11 is 12.6. The largest absolute Gasteiger partial charge is 0.497 e. The minimum absolute atomic E-state index is 0.299. The van der Waals surface area contributed by atoms with Crippen LogP contribution in [0.15, 0.2) is 60.7 Å².